The quantitative estimate of drug-likeness (QED) is 0.359. The lowest BCUT2D eigenvalue weighted by atomic mass is 10.0. The molecule has 142 valence electrons. The van der Waals surface area contributed by atoms with Crippen LogP contribution in [0.15, 0.2) is 4.99 Å². The van der Waals surface area contributed by atoms with Crippen molar-refractivity contribution in [1.82, 2.24) is 10.2 Å². The summed E-state index contributed by atoms with van der Waals surface area (Å²) in [5, 5.41) is 13.2. The smallest absolute Gasteiger partial charge is 0.194 e. The van der Waals surface area contributed by atoms with E-state index in [1.807, 2.05) is 6.92 Å². The van der Waals surface area contributed by atoms with Crippen LogP contribution in [0.1, 0.15) is 40.0 Å². The Morgan fingerprint density at radius 3 is 2.58 bits per heavy atom. The Hall–Kier alpha value is -0.0900. The molecule has 0 aromatic carbocycles. The summed E-state index contributed by atoms with van der Waals surface area (Å²) in [4.78, 5) is 6.92. The Morgan fingerprint density at radius 1 is 1.38 bits per heavy atom. The average molecular weight is 473 g/mol. The highest BCUT2D eigenvalue weighted by Gasteiger charge is 2.30. The number of hydrogen-bond donors (Lipinski definition) is 2. The molecule has 24 heavy (non-hydrogen) atoms. The van der Waals surface area contributed by atoms with E-state index in [1.165, 1.54) is 0 Å². The van der Waals surface area contributed by atoms with E-state index >= 15 is 0 Å². The molecular formula is C16H32IN3O3S. The number of hydrogen-bond acceptors (Lipinski definition) is 4. The predicted molar refractivity (Wildman–Crippen MR) is 109 cm³/mol. The van der Waals surface area contributed by atoms with Crippen molar-refractivity contribution in [2.24, 2.45) is 16.8 Å². The van der Waals surface area contributed by atoms with Crippen LogP contribution in [0.2, 0.25) is 0 Å². The fraction of sp³-hybridized carbons (Fsp3) is 0.938. The molecule has 4 atom stereocenters. The van der Waals surface area contributed by atoms with Gasteiger partial charge in [-0.25, -0.2) is 8.42 Å². The van der Waals surface area contributed by atoms with Crippen molar-refractivity contribution in [1.29, 1.82) is 0 Å². The molecule has 2 aliphatic heterocycles. The minimum atomic E-state index is -2.85. The number of aliphatic imine (C=N–C) groups is 1. The van der Waals surface area contributed by atoms with Crippen molar-refractivity contribution in [3.05, 3.63) is 0 Å². The summed E-state index contributed by atoms with van der Waals surface area (Å²) < 4.78 is 23.2. The number of nitrogens with zero attached hydrogens (tertiary/aromatic N) is 2. The number of aliphatic hydroxyl groups excluding tert-OH is 1. The molecule has 6 nitrogen and oxygen atoms in total. The van der Waals surface area contributed by atoms with Crippen molar-refractivity contribution in [2.75, 3.05) is 31.1 Å². The molecule has 2 aliphatic rings. The van der Waals surface area contributed by atoms with E-state index < -0.39 is 9.84 Å². The number of aliphatic hydroxyl groups is 1. The SMILES string of the molecule is CCC(C)NC(=NCC1CCS(=O)(=O)C1)N1CCC(C(C)O)C1.I. The molecule has 2 heterocycles. The number of halogens is 1. The zero-order chi connectivity index (χ0) is 17.0. The third-order valence-electron chi connectivity index (χ3n) is 5.02. The van der Waals surface area contributed by atoms with Gasteiger partial charge in [0.05, 0.1) is 17.6 Å². The minimum absolute atomic E-state index is 0. The first-order valence-corrected chi connectivity index (χ1v) is 10.6. The molecule has 4 unspecified atom stereocenters. The topological polar surface area (TPSA) is 82.0 Å². The van der Waals surface area contributed by atoms with Gasteiger partial charge in [0.1, 0.15) is 0 Å². The molecule has 2 N–H and O–H groups in total. The normalized spacial score (nSPS) is 29.2. The molecule has 0 saturated carbocycles. The van der Waals surface area contributed by atoms with Crippen molar-refractivity contribution >= 4 is 39.8 Å². The van der Waals surface area contributed by atoms with Crippen LogP contribution in [0.5, 0.6) is 0 Å². The van der Waals surface area contributed by atoms with Crippen molar-refractivity contribution in [2.45, 2.75) is 52.2 Å². The van der Waals surface area contributed by atoms with Gasteiger partial charge in [-0.15, -0.1) is 24.0 Å². The maximum Gasteiger partial charge on any atom is 0.194 e. The monoisotopic (exact) mass is 473 g/mol. The van der Waals surface area contributed by atoms with Crippen molar-refractivity contribution < 1.29 is 13.5 Å². The average Bonchev–Trinajstić information content (AvgIpc) is 3.09. The maximum atomic E-state index is 11.6. The van der Waals surface area contributed by atoms with Crippen molar-refractivity contribution in [3.8, 4) is 0 Å². The fourth-order valence-electron chi connectivity index (χ4n) is 3.16. The Balaban J connectivity index is 0.00000288. The second-order valence-electron chi connectivity index (χ2n) is 7.12. The van der Waals surface area contributed by atoms with Gasteiger partial charge in [0.15, 0.2) is 15.8 Å². The van der Waals surface area contributed by atoms with Gasteiger partial charge in [0.25, 0.3) is 0 Å². The molecular weight excluding hydrogens is 441 g/mol. The first kappa shape index (κ1) is 22.0. The molecule has 0 bridgehead atoms. The van der Waals surface area contributed by atoms with E-state index in [-0.39, 0.29) is 47.7 Å². The second kappa shape index (κ2) is 9.56. The summed E-state index contributed by atoms with van der Waals surface area (Å²) in [7, 11) is -2.85. The molecule has 0 aliphatic carbocycles. The van der Waals surface area contributed by atoms with Crippen LogP contribution in [0, 0.1) is 11.8 Å². The van der Waals surface area contributed by atoms with Gasteiger partial charge in [-0.2, -0.15) is 0 Å². The molecule has 2 rings (SSSR count). The molecule has 0 amide bonds. The molecule has 2 fully saturated rings. The fourth-order valence-corrected chi connectivity index (χ4v) is 5.01. The van der Waals surface area contributed by atoms with Gasteiger partial charge in [-0.05, 0) is 39.0 Å². The molecule has 8 heteroatoms. The summed E-state index contributed by atoms with van der Waals surface area (Å²) in [6, 6.07) is 0.326. The Labute approximate surface area is 163 Å². The summed E-state index contributed by atoms with van der Waals surface area (Å²) in [6.45, 7) is 8.35. The van der Waals surface area contributed by atoms with Crippen LogP contribution in [0.3, 0.4) is 0 Å². The van der Waals surface area contributed by atoms with Crippen LogP contribution in [-0.2, 0) is 9.84 Å². The van der Waals surface area contributed by atoms with E-state index in [1.54, 1.807) is 0 Å². The van der Waals surface area contributed by atoms with Crippen molar-refractivity contribution in [3.63, 3.8) is 0 Å². The number of sulfone groups is 1. The lowest BCUT2D eigenvalue weighted by Gasteiger charge is -2.25. The number of guanidine groups is 1. The minimum Gasteiger partial charge on any atom is -0.393 e. The molecule has 0 aromatic rings. The van der Waals surface area contributed by atoms with Gasteiger partial charge in [0, 0.05) is 31.6 Å². The predicted octanol–water partition coefficient (Wildman–Crippen LogP) is 1.49. The number of rotatable bonds is 5. The third kappa shape index (κ3) is 6.33. The van der Waals surface area contributed by atoms with Gasteiger partial charge in [-0.3, -0.25) is 4.99 Å². The van der Waals surface area contributed by atoms with Crippen LogP contribution in [-0.4, -0.2) is 67.7 Å². The highest BCUT2D eigenvalue weighted by atomic mass is 127. The summed E-state index contributed by atoms with van der Waals surface area (Å²) >= 11 is 0. The van der Waals surface area contributed by atoms with Gasteiger partial charge >= 0.3 is 0 Å². The van der Waals surface area contributed by atoms with Gasteiger partial charge < -0.3 is 15.3 Å². The van der Waals surface area contributed by atoms with Gasteiger partial charge in [-0.1, -0.05) is 6.92 Å². The molecule has 0 radical (unpaired) electrons. The third-order valence-corrected chi connectivity index (χ3v) is 6.86. The first-order chi connectivity index (χ1) is 10.8. The summed E-state index contributed by atoms with van der Waals surface area (Å²) in [5.74, 6) is 1.86. The van der Waals surface area contributed by atoms with E-state index in [2.05, 4.69) is 24.1 Å². The van der Waals surface area contributed by atoms with Crippen LogP contribution >= 0.6 is 24.0 Å². The molecule has 2 saturated heterocycles. The van der Waals surface area contributed by atoms with Crippen LogP contribution in [0.25, 0.3) is 0 Å². The lowest BCUT2D eigenvalue weighted by Crippen LogP contribution is -2.44. The Kier molecular flexibility index (Phi) is 8.75. The zero-order valence-corrected chi connectivity index (χ0v) is 18.1. The highest BCUT2D eigenvalue weighted by molar-refractivity contribution is 14.0. The Bertz CT molecular complexity index is 525. The zero-order valence-electron chi connectivity index (χ0n) is 14.9. The standard InChI is InChI=1S/C16H31N3O3S.HI/c1-4-12(2)18-16(19-7-5-15(10-19)13(3)20)17-9-14-6-8-23(21,22)11-14;/h12-15,20H,4-11H2,1-3H3,(H,17,18);1H. The molecule has 0 aromatic heterocycles. The number of nitrogens with one attached hydrogen (secondary N) is 1. The van der Waals surface area contributed by atoms with E-state index in [0.717, 1.165) is 38.3 Å². The van der Waals surface area contributed by atoms with Crippen LogP contribution < -0.4 is 5.32 Å². The largest absolute Gasteiger partial charge is 0.393 e. The molecule has 0 spiro atoms. The highest BCUT2D eigenvalue weighted by Crippen LogP contribution is 2.21. The van der Waals surface area contributed by atoms with E-state index in [9.17, 15) is 13.5 Å². The van der Waals surface area contributed by atoms with E-state index in [0.29, 0.717) is 18.3 Å². The van der Waals surface area contributed by atoms with Crippen LogP contribution in [0.4, 0.5) is 0 Å². The van der Waals surface area contributed by atoms with E-state index in [4.69, 9.17) is 4.99 Å². The Morgan fingerprint density at radius 2 is 2.08 bits per heavy atom. The number of likely N-dealkylation sites (tertiary alicyclic amines) is 1. The lowest BCUT2D eigenvalue weighted by molar-refractivity contribution is 0.132. The summed E-state index contributed by atoms with van der Waals surface area (Å²) in [5.41, 5.74) is 0. The first-order valence-electron chi connectivity index (χ1n) is 8.75. The maximum absolute atomic E-state index is 11.6. The summed E-state index contributed by atoms with van der Waals surface area (Å²) in [6.07, 6.45) is 2.39. The second-order valence-corrected chi connectivity index (χ2v) is 9.35. The van der Waals surface area contributed by atoms with Gasteiger partial charge in [0.2, 0.25) is 0 Å².